The molecule has 2 aliphatic carbocycles. The van der Waals surface area contributed by atoms with Crippen LogP contribution in [0.4, 0.5) is 0 Å². The summed E-state index contributed by atoms with van der Waals surface area (Å²) in [5.41, 5.74) is -0.713. The molecule has 14 heteroatoms. The monoisotopic (exact) mass is 702 g/mol. The van der Waals surface area contributed by atoms with E-state index in [2.05, 4.69) is 10.6 Å². The van der Waals surface area contributed by atoms with Crippen LogP contribution >= 0.6 is 0 Å². The summed E-state index contributed by atoms with van der Waals surface area (Å²) in [6.07, 6.45) is 6.87. The van der Waals surface area contributed by atoms with Crippen LogP contribution < -0.4 is 10.6 Å². The number of rotatable bonds is 13. The fourth-order valence-corrected chi connectivity index (χ4v) is 10.3. The van der Waals surface area contributed by atoms with Crippen LogP contribution in [-0.4, -0.2) is 99.7 Å². The zero-order valence-electron chi connectivity index (χ0n) is 27.2. The molecule has 4 fully saturated rings. The summed E-state index contributed by atoms with van der Waals surface area (Å²) in [7, 11) is -7.00. The van der Waals surface area contributed by atoms with Crippen LogP contribution in [0.1, 0.15) is 64.2 Å². The number of sulfone groups is 2. The molecule has 2 aliphatic heterocycles. The van der Waals surface area contributed by atoms with E-state index in [1.54, 1.807) is 70.8 Å². The lowest BCUT2D eigenvalue weighted by Gasteiger charge is -2.32. The maximum atomic E-state index is 13.1. The van der Waals surface area contributed by atoms with Gasteiger partial charge in [-0.1, -0.05) is 62.1 Å². The third kappa shape index (κ3) is 7.63. The second kappa shape index (κ2) is 14.5. The fraction of sp³-hybridized carbons (Fsp3) is 0.588. The summed E-state index contributed by atoms with van der Waals surface area (Å²) < 4.78 is 51.7. The van der Waals surface area contributed by atoms with Crippen LogP contribution in [-0.2, 0) is 38.9 Å². The molecule has 12 nitrogen and oxygen atoms in total. The molecule has 2 aromatic carbocycles. The van der Waals surface area contributed by atoms with Crippen LogP contribution in [0, 0.1) is 0 Å². The summed E-state index contributed by atoms with van der Waals surface area (Å²) in [6.45, 7) is 0.734. The molecule has 0 bridgehead atoms. The number of hydrogen-bond acceptors (Lipinski definition) is 10. The topological polar surface area (TPSA) is 151 Å². The minimum absolute atomic E-state index is 0.107. The lowest BCUT2D eigenvalue weighted by Crippen LogP contribution is -2.43. The lowest BCUT2D eigenvalue weighted by molar-refractivity contribution is -0.188. The van der Waals surface area contributed by atoms with Crippen molar-refractivity contribution in [2.75, 3.05) is 37.7 Å². The van der Waals surface area contributed by atoms with Crippen molar-refractivity contribution in [3.8, 4) is 0 Å². The largest absolute Gasteiger partial charge is 0.352 e. The Kier molecular flexibility index (Phi) is 10.6. The summed E-state index contributed by atoms with van der Waals surface area (Å²) in [6, 6.07) is 16.7. The van der Waals surface area contributed by atoms with Gasteiger partial charge in [-0.05, 0) is 49.9 Å². The van der Waals surface area contributed by atoms with E-state index in [-0.39, 0.29) is 70.4 Å². The van der Waals surface area contributed by atoms with Crippen LogP contribution in [0.5, 0.6) is 0 Å². The second-order valence-corrected chi connectivity index (χ2v) is 17.7. The molecule has 262 valence electrons. The molecule has 2 heterocycles. The van der Waals surface area contributed by atoms with Crippen molar-refractivity contribution in [2.45, 2.75) is 97.3 Å². The van der Waals surface area contributed by atoms with Gasteiger partial charge in [0.1, 0.15) is 0 Å². The molecule has 2 spiro atoms. The van der Waals surface area contributed by atoms with E-state index in [1.807, 2.05) is 0 Å². The van der Waals surface area contributed by atoms with E-state index < -0.39 is 31.9 Å². The van der Waals surface area contributed by atoms with E-state index >= 15 is 0 Å². The first-order chi connectivity index (χ1) is 23.0. The maximum Gasteiger partial charge on any atom is 0.251 e. The molecule has 2 unspecified atom stereocenters. The average Bonchev–Trinajstić information content (AvgIpc) is 3.91. The first kappa shape index (κ1) is 35.0. The number of nitrogens with one attached hydrogen (secondary N) is 2. The Morgan fingerprint density at radius 1 is 0.625 bits per heavy atom. The van der Waals surface area contributed by atoms with Crippen molar-refractivity contribution in [1.82, 2.24) is 20.8 Å². The Morgan fingerprint density at radius 3 is 1.33 bits per heavy atom. The van der Waals surface area contributed by atoms with Gasteiger partial charge in [-0.15, -0.1) is 0 Å². The van der Waals surface area contributed by atoms with E-state index in [1.165, 1.54) is 0 Å². The van der Waals surface area contributed by atoms with E-state index in [4.69, 9.17) is 9.68 Å². The third-order valence-electron chi connectivity index (χ3n) is 10.4. The molecule has 2 amide bonds. The minimum Gasteiger partial charge on any atom is -0.352 e. The van der Waals surface area contributed by atoms with Gasteiger partial charge in [0.2, 0.25) is 0 Å². The van der Waals surface area contributed by atoms with Crippen molar-refractivity contribution >= 4 is 31.5 Å². The van der Waals surface area contributed by atoms with Gasteiger partial charge in [-0.25, -0.2) is 16.8 Å². The number of amides is 2. The van der Waals surface area contributed by atoms with Crippen LogP contribution in [0.15, 0.2) is 70.5 Å². The highest BCUT2D eigenvalue weighted by molar-refractivity contribution is 7.91. The van der Waals surface area contributed by atoms with Gasteiger partial charge < -0.3 is 10.6 Å². The Hall–Kier alpha value is -2.88. The van der Waals surface area contributed by atoms with E-state index in [0.717, 1.165) is 51.4 Å². The normalized spacial score (nSPS) is 24.0. The predicted molar refractivity (Wildman–Crippen MR) is 178 cm³/mol. The first-order valence-electron chi connectivity index (χ1n) is 17.0. The van der Waals surface area contributed by atoms with Gasteiger partial charge in [-0.3, -0.25) is 19.3 Å². The van der Waals surface area contributed by atoms with Crippen molar-refractivity contribution in [3.63, 3.8) is 0 Å². The number of benzene rings is 2. The summed E-state index contributed by atoms with van der Waals surface area (Å²) >= 11 is 0. The van der Waals surface area contributed by atoms with Crippen molar-refractivity contribution in [3.05, 3.63) is 60.7 Å². The fourth-order valence-electron chi connectivity index (χ4n) is 7.83. The predicted octanol–water partition coefficient (Wildman–Crippen LogP) is 2.80. The molecule has 2 aromatic rings. The molecule has 0 radical (unpaired) electrons. The van der Waals surface area contributed by atoms with E-state index in [9.17, 15) is 26.4 Å². The molecule has 2 saturated carbocycles. The SMILES string of the molecule is O=C(NCCNC(=O)C1CC2(CCCC2)N(CCS(=O)(=O)c2ccccc2)O1)C1CC2(CCCC2)N(CCS(=O)(=O)c2ccccc2)O1. The van der Waals surface area contributed by atoms with Crippen LogP contribution in [0.25, 0.3) is 0 Å². The number of hydroxylamine groups is 4. The van der Waals surface area contributed by atoms with Gasteiger partial charge in [0.25, 0.3) is 11.8 Å². The Bertz CT molecular complexity index is 1520. The molecule has 6 rings (SSSR count). The Balaban J connectivity index is 0.973. The lowest BCUT2D eigenvalue weighted by atomic mass is 9.91. The van der Waals surface area contributed by atoms with E-state index in [0.29, 0.717) is 12.8 Å². The highest BCUT2D eigenvalue weighted by Crippen LogP contribution is 2.45. The number of carbonyl (C=O) groups excluding carboxylic acids is 2. The number of carbonyl (C=O) groups is 2. The Morgan fingerprint density at radius 2 is 0.979 bits per heavy atom. The average molecular weight is 703 g/mol. The van der Waals surface area contributed by atoms with Gasteiger partial charge in [0, 0.05) is 50.1 Å². The summed E-state index contributed by atoms with van der Waals surface area (Å²) in [4.78, 5) is 39.0. The standard InChI is InChI=1S/C34H46N4O8S2/c39-31(29-25-33(15-7-8-16-33)37(45-29)21-23-47(41,42)27-11-3-1-4-12-27)35-19-20-36-32(40)30-26-34(17-9-10-18-34)38(46-30)22-24-48(43,44)28-13-5-2-6-14-28/h1-6,11-14,29-30H,7-10,15-26H2,(H,35,39)(H,36,40). The first-order valence-corrected chi connectivity index (χ1v) is 20.3. The summed E-state index contributed by atoms with van der Waals surface area (Å²) in [5, 5.41) is 9.20. The smallest absolute Gasteiger partial charge is 0.251 e. The van der Waals surface area contributed by atoms with Gasteiger partial charge in [-0.2, -0.15) is 10.1 Å². The van der Waals surface area contributed by atoms with Crippen molar-refractivity contribution < 1.29 is 36.1 Å². The highest BCUT2D eigenvalue weighted by atomic mass is 32.2. The zero-order valence-corrected chi connectivity index (χ0v) is 28.9. The maximum absolute atomic E-state index is 13.1. The van der Waals surface area contributed by atoms with Gasteiger partial charge in [0.05, 0.1) is 21.3 Å². The van der Waals surface area contributed by atoms with Gasteiger partial charge in [0.15, 0.2) is 31.9 Å². The van der Waals surface area contributed by atoms with Crippen molar-refractivity contribution in [2.24, 2.45) is 0 Å². The number of hydrogen-bond donors (Lipinski definition) is 2. The molecule has 2 N–H and O–H groups in total. The third-order valence-corrected chi connectivity index (χ3v) is 13.8. The molecule has 2 atom stereocenters. The molecule has 48 heavy (non-hydrogen) atoms. The molecule has 0 aromatic heterocycles. The van der Waals surface area contributed by atoms with Crippen molar-refractivity contribution in [1.29, 1.82) is 0 Å². The molecule has 4 aliphatic rings. The number of nitrogens with zero attached hydrogens (tertiary/aromatic N) is 2. The quantitative estimate of drug-likeness (QED) is 0.298. The molecular formula is C34H46N4O8S2. The van der Waals surface area contributed by atoms with Gasteiger partial charge >= 0.3 is 0 Å². The molecule has 2 saturated heterocycles. The Labute approximate surface area is 283 Å². The van der Waals surface area contributed by atoms with Crippen LogP contribution in [0.2, 0.25) is 0 Å². The second-order valence-electron chi connectivity index (χ2n) is 13.5. The minimum atomic E-state index is -3.50. The molecular weight excluding hydrogens is 657 g/mol. The summed E-state index contributed by atoms with van der Waals surface area (Å²) in [5.74, 6) is -0.804. The van der Waals surface area contributed by atoms with Crippen LogP contribution in [0.3, 0.4) is 0 Å². The highest BCUT2D eigenvalue weighted by Gasteiger charge is 2.52. The zero-order chi connectivity index (χ0) is 33.8.